The van der Waals surface area contributed by atoms with Crippen LogP contribution in [-0.2, 0) is 0 Å². The molecule has 0 saturated heterocycles. The van der Waals surface area contributed by atoms with Gasteiger partial charge in [0.2, 0.25) is 0 Å². The van der Waals surface area contributed by atoms with Crippen molar-refractivity contribution in [3.63, 3.8) is 0 Å². The molecule has 0 bridgehead atoms. The molecule has 0 aliphatic rings. The Morgan fingerprint density at radius 3 is 2.00 bits per heavy atom. The first kappa shape index (κ1) is 11.0. The largest absolute Gasteiger partial charge is 0.303 e. The number of hydrogen-bond donors (Lipinski definition) is 0. The van der Waals surface area contributed by atoms with E-state index in [1.165, 1.54) is 19.4 Å². The van der Waals surface area contributed by atoms with E-state index in [-0.39, 0.29) is 0 Å². The molecule has 0 aliphatic carbocycles. The Labute approximate surface area is 71.8 Å². The second-order valence-electron chi connectivity index (χ2n) is 3.67. The Balaban J connectivity index is 3.87. The number of rotatable bonds is 5. The third-order valence-electron chi connectivity index (χ3n) is 2.42. The topological polar surface area (TPSA) is 3.24 Å². The van der Waals surface area contributed by atoms with E-state index in [9.17, 15) is 0 Å². The van der Waals surface area contributed by atoms with Gasteiger partial charge in [0.25, 0.3) is 0 Å². The van der Waals surface area contributed by atoms with Crippen LogP contribution in [0.1, 0.15) is 40.5 Å². The molecule has 1 heteroatoms. The summed E-state index contributed by atoms with van der Waals surface area (Å²) in [5.74, 6) is 0.792. The van der Waals surface area contributed by atoms with Crippen molar-refractivity contribution in [1.82, 2.24) is 4.90 Å². The van der Waals surface area contributed by atoms with Crippen molar-refractivity contribution in [3.8, 4) is 0 Å². The molecular formula is C10H23N. The van der Waals surface area contributed by atoms with E-state index in [0.29, 0.717) is 0 Å². The highest BCUT2D eigenvalue weighted by molar-refractivity contribution is 4.70. The molecule has 0 heterocycles. The summed E-state index contributed by atoms with van der Waals surface area (Å²) in [4.78, 5) is 2.45. The highest BCUT2D eigenvalue weighted by atomic mass is 15.1. The van der Waals surface area contributed by atoms with Crippen molar-refractivity contribution in [2.75, 3.05) is 13.6 Å². The summed E-state index contributed by atoms with van der Waals surface area (Å²) in [6.07, 6.45) is 2.63. The van der Waals surface area contributed by atoms with Crippen LogP contribution in [0.25, 0.3) is 0 Å². The molecule has 1 atom stereocenters. The van der Waals surface area contributed by atoms with Crippen LogP contribution >= 0.6 is 0 Å². The maximum atomic E-state index is 2.45. The summed E-state index contributed by atoms with van der Waals surface area (Å²) in [6, 6.07) is 0.782. The van der Waals surface area contributed by atoms with Gasteiger partial charge in [0.05, 0.1) is 0 Å². The summed E-state index contributed by atoms with van der Waals surface area (Å²) in [6.45, 7) is 10.3. The molecule has 0 N–H and O–H groups in total. The van der Waals surface area contributed by atoms with Crippen molar-refractivity contribution in [1.29, 1.82) is 0 Å². The lowest BCUT2D eigenvalue weighted by Crippen LogP contribution is -2.35. The zero-order valence-electron chi connectivity index (χ0n) is 8.72. The molecule has 0 aromatic heterocycles. The smallest absolute Gasteiger partial charge is 0.0115 e. The van der Waals surface area contributed by atoms with Crippen LogP contribution in [0.4, 0.5) is 0 Å². The van der Waals surface area contributed by atoms with Crippen molar-refractivity contribution in [3.05, 3.63) is 0 Å². The normalized spacial score (nSPS) is 14.5. The Bertz CT molecular complexity index is 88.9. The third-order valence-corrected chi connectivity index (χ3v) is 2.42. The van der Waals surface area contributed by atoms with E-state index in [1.54, 1.807) is 0 Å². The molecule has 0 saturated carbocycles. The fourth-order valence-electron chi connectivity index (χ4n) is 1.59. The lowest BCUT2D eigenvalue weighted by atomic mass is 9.98. The van der Waals surface area contributed by atoms with Gasteiger partial charge < -0.3 is 4.90 Å². The van der Waals surface area contributed by atoms with Gasteiger partial charge in [-0.15, -0.1) is 0 Å². The van der Waals surface area contributed by atoms with E-state index in [1.807, 2.05) is 0 Å². The average Bonchev–Trinajstić information content (AvgIpc) is 1.98. The maximum Gasteiger partial charge on any atom is 0.0115 e. The summed E-state index contributed by atoms with van der Waals surface area (Å²) in [5.41, 5.74) is 0. The second kappa shape index (κ2) is 5.59. The lowest BCUT2D eigenvalue weighted by Gasteiger charge is -2.29. The first-order valence-electron chi connectivity index (χ1n) is 4.83. The van der Waals surface area contributed by atoms with Crippen LogP contribution in [0.3, 0.4) is 0 Å². The highest BCUT2D eigenvalue weighted by Crippen LogP contribution is 2.13. The van der Waals surface area contributed by atoms with Gasteiger partial charge in [0.15, 0.2) is 0 Å². The van der Waals surface area contributed by atoms with Gasteiger partial charge in [-0.3, -0.25) is 0 Å². The summed E-state index contributed by atoms with van der Waals surface area (Å²) in [5, 5.41) is 0. The zero-order chi connectivity index (χ0) is 8.85. The number of hydrogen-bond acceptors (Lipinski definition) is 1. The van der Waals surface area contributed by atoms with Crippen molar-refractivity contribution < 1.29 is 0 Å². The Hall–Kier alpha value is -0.0400. The first-order chi connectivity index (χ1) is 5.13. The molecule has 0 amide bonds. The highest BCUT2D eigenvalue weighted by Gasteiger charge is 2.15. The van der Waals surface area contributed by atoms with E-state index in [0.717, 1.165) is 12.0 Å². The van der Waals surface area contributed by atoms with E-state index in [4.69, 9.17) is 0 Å². The predicted octanol–water partition coefficient (Wildman–Crippen LogP) is 2.76. The van der Waals surface area contributed by atoms with Crippen LogP contribution in [0.5, 0.6) is 0 Å². The molecule has 0 rings (SSSR count). The maximum absolute atomic E-state index is 2.45. The van der Waals surface area contributed by atoms with Crippen molar-refractivity contribution in [2.45, 2.75) is 46.6 Å². The summed E-state index contributed by atoms with van der Waals surface area (Å²) in [7, 11) is 2.22. The lowest BCUT2D eigenvalue weighted by molar-refractivity contribution is 0.188. The van der Waals surface area contributed by atoms with E-state index >= 15 is 0 Å². The van der Waals surface area contributed by atoms with Crippen molar-refractivity contribution in [2.24, 2.45) is 5.92 Å². The van der Waals surface area contributed by atoms with Crippen molar-refractivity contribution >= 4 is 0 Å². The average molecular weight is 157 g/mol. The molecule has 1 unspecified atom stereocenters. The van der Waals surface area contributed by atoms with E-state index in [2.05, 4.69) is 39.6 Å². The van der Waals surface area contributed by atoms with Gasteiger partial charge in [-0.1, -0.05) is 34.1 Å². The minimum absolute atomic E-state index is 0.782. The van der Waals surface area contributed by atoms with Gasteiger partial charge in [0.1, 0.15) is 0 Å². The molecule has 0 radical (unpaired) electrons. The predicted molar refractivity (Wildman–Crippen MR) is 51.8 cm³/mol. The molecule has 0 spiro atoms. The minimum Gasteiger partial charge on any atom is -0.303 e. The Morgan fingerprint density at radius 2 is 1.73 bits per heavy atom. The molecule has 0 fully saturated rings. The third kappa shape index (κ3) is 3.76. The summed E-state index contributed by atoms with van der Waals surface area (Å²) < 4.78 is 0. The molecule has 11 heavy (non-hydrogen) atoms. The van der Waals surface area contributed by atoms with Crippen LogP contribution in [0.2, 0.25) is 0 Å². The second-order valence-corrected chi connectivity index (χ2v) is 3.67. The fourth-order valence-corrected chi connectivity index (χ4v) is 1.59. The molecular weight excluding hydrogens is 134 g/mol. The van der Waals surface area contributed by atoms with Crippen LogP contribution in [0.15, 0.2) is 0 Å². The SMILES string of the molecule is CCCC(C(C)C)N(C)CC. The van der Waals surface area contributed by atoms with Crippen LogP contribution in [-0.4, -0.2) is 24.5 Å². The standard InChI is InChI=1S/C10H23N/c1-6-8-10(9(3)4)11(5)7-2/h9-10H,6-8H2,1-5H3. The zero-order valence-corrected chi connectivity index (χ0v) is 8.72. The molecule has 68 valence electrons. The van der Waals surface area contributed by atoms with E-state index < -0.39 is 0 Å². The van der Waals surface area contributed by atoms with Gasteiger partial charge in [-0.05, 0) is 25.9 Å². The monoisotopic (exact) mass is 157 g/mol. The fraction of sp³-hybridized carbons (Fsp3) is 1.00. The number of nitrogens with zero attached hydrogens (tertiary/aromatic N) is 1. The van der Waals surface area contributed by atoms with Gasteiger partial charge in [-0.2, -0.15) is 0 Å². The van der Waals surface area contributed by atoms with Crippen LogP contribution < -0.4 is 0 Å². The van der Waals surface area contributed by atoms with Gasteiger partial charge in [-0.25, -0.2) is 0 Å². The van der Waals surface area contributed by atoms with Gasteiger partial charge >= 0.3 is 0 Å². The molecule has 1 nitrogen and oxygen atoms in total. The Kier molecular flexibility index (Phi) is 5.57. The molecule has 0 aromatic carbocycles. The quantitative estimate of drug-likeness (QED) is 0.593. The Morgan fingerprint density at radius 1 is 1.18 bits per heavy atom. The first-order valence-corrected chi connectivity index (χ1v) is 4.83. The molecule has 0 aliphatic heterocycles. The summed E-state index contributed by atoms with van der Waals surface area (Å²) >= 11 is 0. The minimum atomic E-state index is 0.782. The van der Waals surface area contributed by atoms with Gasteiger partial charge in [0, 0.05) is 6.04 Å². The van der Waals surface area contributed by atoms with Crippen LogP contribution in [0, 0.1) is 5.92 Å². The molecule has 0 aromatic rings.